The molecule has 0 aliphatic rings. The van der Waals surface area contributed by atoms with Gasteiger partial charge in [-0.15, -0.1) is 0 Å². The number of carbonyl (C=O) groups excluding carboxylic acids is 1. The van der Waals surface area contributed by atoms with Gasteiger partial charge in [-0.1, -0.05) is 0 Å². The van der Waals surface area contributed by atoms with Gasteiger partial charge in [0.25, 0.3) is 5.91 Å². The maximum Gasteiger partial charge on any atom is 0.305 e. The third kappa shape index (κ3) is 3.71. The predicted molar refractivity (Wildman–Crippen MR) is 58.1 cm³/mol. The molecule has 0 unspecified atom stereocenters. The van der Waals surface area contributed by atoms with E-state index in [-0.39, 0.29) is 12.3 Å². The summed E-state index contributed by atoms with van der Waals surface area (Å²) in [5.41, 5.74) is -0.163. The molecule has 0 spiro atoms. The van der Waals surface area contributed by atoms with Crippen LogP contribution in [-0.4, -0.2) is 22.5 Å². The molecule has 1 amide bonds. The number of thiophene rings is 1. The highest BCUT2D eigenvalue weighted by Crippen LogP contribution is 2.11. The molecule has 0 aromatic carbocycles. The molecule has 4 nitrogen and oxygen atoms in total. The van der Waals surface area contributed by atoms with E-state index < -0.39 is 11.5 Å². The SMILES string of the molecule is CC(C)(CC(=O)O)NC(=O)c1ccsc1. The Morgan fingerprint density at radius 1 is 1.53 bits per heavy atom. The summed E-state index contributed by atoms with van der Waals surface area (Å²) in [5, 5.41) is 14.9. The highest BCUT2D eigenvalue weighted by Gasteiger charge is 2.24. The van der Waals surface area contributed by atoms with E-state index in [1.807, 2.05) is 0 Å². The lowest BCUT2D eigenvalue weighted by atomic mass is 10.0. The van der Waals surface area contributed by atoms with Crippen LogP contribution in [0.1, 0.15) is 30.6 Å². The van der Waals surface area contributed by atoms with E-state index in [1.54, 1.807) is 30.7 Å². The topological polar surface area (TPSA) is 66.4 Å². The first-order valence-corrected chi connectivity index (χ1v) is 5.41. The van der Waals surface area contributed by atoms with Crippen LogP contribution in [-0.2, 0) is 4.79 Å². The molecule has 0 aliphatic carbocycles. The molecule has 0 atom stereocenters. The van der Waals surface area contributed by atoms with Crippen molar-refractivity contribution >= 4 is 23.2 Å². The van der Waals surface area contributed by atoms with E-state index in [1.165, 1.54) is 11.3 Å². The number of carbonyl (C=O) groups is 2. The van der Waals surface area contributed by atoms with Crippen LogP contribution < -0.4 is 5.32 Å². The third-order valence-electron chi connectivity index (χ3n) is 1.83. The summed E-state index contributed by atoms with van der Waals surface area (Å²) in [7, 11) is 0. The van der Waals surface area contributed by atoms with Gasteiger partial charge < -0.3 is 10.4 Å². The van der Waals surface area contributed by atoms with Crippen molar-refractivity contribution in [3.05, 3.63) is 22.4 Å². The Labute approximate surface area is 91.9 Å². The Morgan fingerprint density at radius 2 is 2.20 bits per heavy atom. The molecule has 0 radical (unpaired) electrons. The Morgan fingerprint density at radius 3 is 2.67 bits per heavy atom. The smallest absolute Gasteiger partial charge is 0.305 e. The van der Waals surface area contributed by atoms with Gasteiger partial charge in [0.1, 0.15) is 0 Å². The van der Waals surface area contributed by atoms with Crippen molar-refractivity contribution in [2.24, 2.45) is 0 Å². The van der Waals surface area contributed by atoms with Crippen LogP contribution in [0.3, 0.4) is 0 Å². The van der Waals surface area contributed by atoms with E-state index in [4.69, 9.17) is 5.11 Å². The van der Waals surface area contributed by atoms with Gasteiger partial charge in [0.15, 0.2) is 0 Å². The number of aliphatic carboxylic acids is 1. The molecule has 2 N–H and O–H groups in total. The van der Waals surface area contributed by atoms with Crippen LogP contribution in [0.2, 0.25) is 0 Å². The van der Waals surface area contributed by atoms with Crippen molar-refractivity contribution in [3.8, 4) is 0 Å². The van der Waals surface area contributed by atoms with Gasteiger partial charge in [0, 0.05) is 10.9 Å². The second-order valence-corrected chi connectivity index (χ2v) is 4.70. The first-order valence-electron chi connectivity index (χ1n) is 4.47. The lowest BCUT2D eigenvalue weighted by molar-refractivity contribution is -0.138. The molecule has 0 aliphatic heterocycles. The standard InChI is InChI=1S/C10H13NO3S/c1-10(2,5-8(12)13)11-9(14)7-3-4-15-6-7/h3-4,6H,5H2,1-2H3,(H,11,14)(H,12,13). The summed E-state index contributed by atoms with van der Waals surface area (Å²) in [6, 6.07) is 1.71. The second-order valence-electron chi connectivity index (χ2n) is 3.92. The summed E-state index contributed by atoms with van der Waals surface area (Å²) in [4.78, 5) is 22.1. The van der Waals surface area contributed by atoms with Gasteiger partial charge in [-0.3, -0.25) is 9.59 Å². The number of rotatable bonds is 4. The Bertz CT molecular complexity index is 357. The zero-order valence-corrected chi connectivity index (χ0v) is 9.43. The number of nitrogens with one attached hydrogen (secondary N) is 1. The summed E-state index contributed by atoms with van der Waals surface area (Å²) in [6.07, 6.45) is -0.0944. The lowest BCUT2D eigenvalue weighted by Crippen LogP contribution is -2.44. The van der Waals surface area contributed by atoms with E-state index in [0.29, 0.717) is 5.56 Å². The van der Waals surface area contributed by atoms with Crippen LogP contribution in [0, 0.1) is 0 Å². The molecular formula is C10H13NO3S. The highest BCUT2D eigenvalue weighted by molar-refractivity contribution is 7.08. The van der Waals surface area contributed by atoms with E-state index in [0.717, 1.165) is 0 Å². The average Bonchev–Trinajstić information content (AvgIpc) is 2.50. The fourth-order valence-electron chi connectivity index (χ4n) is 1.20. The predicted octanol–water partition coefficient (Wildman–Crippen LogP) is 1.73. The van der Waals surface area contributed by atoms with Crippen LogP contribution in [0.5, 0.6) is 0 Å². The molecule has 82 valence electrons. The van der Waals surface area contributed by atoms with E-state index >= 15 is 0 Å². The molecule has 5 heteroatoms. The molecule has 0 saturated carbocycles. The second kappa shape index (κ2) is 4.44. The van der Waals surface area contributed by atoms with E-state index in [2.05, 4.69) is 5.32 Å². The summed E-state index contributed by atoms with van der Waals surface area (Å²) >= 11 is 1.43. The Hall–Kier alpha value is -1.36. The zero-order chi connectivity index (χ0) is 11.5. The lowest BCUT2D eigenvalue weighted by Gasteiger charge is -2.23. The van der Waals surface area contributed by atoms with Gasteiger partial charge in [-0.25, -0.2) is 0 Å². The third-order valence-corrected chi connectivity index (χ3v) is 2.51. The maximum atomic E-state index is 11.6. The molecule has 1 rings (SSSR count). The normalized spacial score (nSPS) is 11.1. The fourth-order valence-corrected chi connectivity index (χ4v) is 1.83. The van der Waals surface area contributed by atoms with Crippen LogP contribution in [0.15, 0.2) is 16.8 Å². The first-order chi connectivity index (χ1) is 6.91. The zero-order valence-electron chi connectivity index (χ0n) is 8.61. The molecule has 1 heterocycles. The largest absolute Gasteiger partial charge is 0.481 e. The minimum atomic E-state index is -0.925. The molecule has 15 heavy (non-hydrogen) atoms. The Kier molecular flexibility index (Phi) is 3.47. The molecule has 0 saturated heterocycles. The number of hydrogen-bond donors (Lipinski definition) is 2. The van der Waals surface area contributed by atoms with Crippen molar-refractivity contribution in [1.82, 2.24) is 5.32 Å². The number of amides is 1. The van der Waals surface area contributed by atoms with E-state index in [9.17, 15) is 9.59 Å². The minimum Gasteiger partial charge on any atom is -0.481 e. The van der Waals surface area contributed by atoms with Crippen molar-refractivity contribution in [2.75, 3.05) is 0 Å². The minimum absolute atomic E-state index is 0.0944. The Balaban J connectivity index is 2.61. The molecular weight excluding hydrogens is 214 g/mol. The van der Waals surface area contributed by atoms with Crippen molar-refractivity contribution in [2.45, 2.75) is 25.8 Å². The summed E-state index contributed by atoms with van der Waals surface area (Å²) < 4.78 is 0. The first kappa shape index (κ1) is 11.7. The van der Waals surface area contributed by atoms with Gasteiger partial charge >= 0.3 is 5.97 Å². The molecule has 0 fully saturated rings. The van der Waals surface area contributed by atoms with Crippen molar-refractivity contribution in [3.63, 3.8) is 0 Å². The molecule has 0 bridgehead atoms. The molecule has 1 aromatic rings. The summed E-state index contributed by atoms with van der Waals surface area (Å²) in [5.74, 6) is -1.16. The van der Waals surface area contributed by atoms with Gasteiger partial charge in [0.05, 0.1) is 12.0 Å². The number of hydrogen-bond acceptors (Lipinski definition) is 3. The van der Waals surface area contributed by atoms with Gasteiger partial charge in [-0.2, -0.15) is 11.3 Å². The monoisotopic (exact) mass is 227 g/mol. The van der Waals surface area contributed by atoms with Crippen LogP contribution in [0.25, 0.3) is 0 Å². The highest BCUT2D eigenvalue weighted by atomic mass is 32.1. The fraction of sp³-hybridized carbons (Fsp3) is 0.400. The van der Waals surface area contributed by atoms with Crippen LogP contribution in [0.4, 0.5) is 0 Å². The van der Waals surface area contributed by atoms with Crippen molar-refractivity contribution in [1.29, 1.82) is 0 Å². The van der Waals surface area contributed by atoms with Crippen LogP contribution >= 0.6 is 11.3 Å². The number of carboxylic acid groups (broad SMARTS) is 1. The number of carboxylic acids is 1. The van der Waals surface area contributed by atoms with Crippen molar-refractivity contribution < 1.29 is 14.7 Å². The van der Waals surface area contributed by atoms with Gasteiger partial charge in [-0.05, 0) is 25.3 Å². The quantitative estimate of drug-likeness (QED) is 0.823. The van der Waals surface area contributed by atoms with Gasteiger partial charge in [0.2, 0.25) is 0 Å². The maximum absolute atomic E-state index is 11.6. The molecule has 1 aromatic heterocycles. The average molecular weight is 227 g/mol. The summed E-state index contributed by atoms with van der Waals surface area (Å²) in [6.45, 7) is 3.37.